The zero-order valence-corrected chi connectivity index (χ0v) is 8.10. The van der Waals surface area contributed by atoms with Crippen molar-refractivity contribution in [2.45, 2.75) is 25.2 Å². The average Bonchev–Trinajstić information content (AvgIpc) is 3.01. The highest BCUT2D eigenvalue weighted by Crippen LogP contribution is 2.33. The molecule has 0 spiro atoms. The average molecular weight is 194 g/mol. The van der Waals surface area contributed by atoms with Gasteiger partial charge < -0.3 is 14.9 Å². The van der Waals surface area contributed by atoms with Crippen molar-refractivity contribution in [2.24, 2.45) is 0 Å². The molecule has 1 unspecified atom stereocenters. The second kappa shape index (κ2) is 3.35. The highest BCUT2D eigenvalue weighted by molar-refractivity contribution is 5.28. The Morgan fingerprint density at radius 1 is 1.43 bits per heavy atom. The fourth-order valence-electron chi connectivity index (χ4n) is 1.51. The van der Waals surface area contributed by atoms with E-state index in [0.29, 0.717) is 6.61 Å². The van der Waals surface area contributed by atoms with Crippen LogP contribution in [0.4, 0.5) is 0 Å². The number of hydrogen-bond acceptors (Lipinski definition) is 3. The summed E-state index contributed by atoms with van der Waals surface area (Å²) in [6, 6.07) is 7.28. The third-order valence-corrected chi connectivity index (χ3v) is 2.68. The first-order valence-electron chi connectivity index (χ1n) is 4.69. The summed E-state index contributed by atoms with van der Waals surface area (Å²) in [5.74, 6) is 0. The molecule has 0 amide bonds. The van der Waals surface area contributed by atoms with Crippen LogP contribution in [-0.2, 0) is 16.9 Å². The largest absolute Gasteiger partial charge is 0.392 e. The van der Waals surface area contributed by atoms with E-state index in [1.165, 1.54) is 0 Å². The maximum Gasteiger partial charge on any atom is 0.115 e. The van der Waals surface area contributed by atoms with E-state index in [1.807, 2.05) is 24.3 Å². The van der Waals surface area contributed by atoms with Crippen molar-refractivity contribution in [3.63, 3.8) is 0 Å². The van der Waals surface area contributed by atoms with Crippen LogP contribution >= 0.6 is 0 Å². The molecule has 14 heavy (non-hydrogen) atoms. The van der Waals surface area contributed by atoms with E-state index in [0.717, 1.165) is 11.1 Å². The monoisotopic (exact) mass is 194 g/mol. The van der Waals surface area contributed by atoms with E-state index < -0.39 is 5.60 Å². The molecule has 1 aliphatic heterocycles. The molecule has 2 rings (SSSR count). The van der Waals surface area contributed by atoms with Gasteiger partial charge >= 0.3 is 0 Å². The Balaban J connectivity index is 2.23. The third-order valence-electron chi connectivity index (χ3n) is 2.68. The Kier molecular flexibility index (Phi) is 2.31. The van der Waals surface area contributed by atoms with Crippen LogP contribution in [0.1, 0.15) is 18.1 Å². The summed E-state index contributed by atoms with van der Waals surface area (Å²) < 4.78 is 5.08. The summed E-state index contributed by atoms with van der Waals surface area (Å²) in [4.78, 5) is 0. The molecule has 3 nitrogen and oxygen atoms in total. The van der Waals surface area contributed by atoms with Crippen molar-refractivity contribution >= 4 is 0 Å². The van der Waals surface area contributed by atoms with Crippen LogP contribution in [-0.4, -0.2) is 22.9 Å². The molecular weight excluding hydrogens is 180 g/mol. The number of ether oxygens (including phenoxy) is 1. The van der Waals surface area contributed by atoms with E-state index in [2.05, 4.69) is 0 Å². The number of epoxide rings is 1. The van der Waals surface area contributed by atoms with E-state index in [-0.39, 0.29) is 12.7 Å². The Morgan fingerprint density at radius 3 is 2.43 bits per heavy atom. The highest BCUT2D eigenvalue weighted by atomic mass is 16.6. The van der Waals surface area contributed by atoms with Crippen molar-refractivity contribution in [1.82, 2.24) is 0 Å². The maximum atomic E-state index is 10.1. The topological polar surface area (TPSA) is 53.0 Å². The summed E-state index contributed by atoms with van der Waals surface area (Å²) in [5.41, 5.74) is 0.770. The quantitative estimate of drug-likeness (QED) is 0.699. The molecule has 0 radical (unpaired) electrons. The lowest BCUT2D eigenvalue weighted by atomic mass is 9.92. The van der Waals surface area contributed by atoms with Crippen LogP contribution in [0.2, 0.25) is 0 Å². The van der Waals surface area contributed by atoms with Gasteiger partial charge in [0.05, 0.1) is 13.2 Å². The van der Waals surface area contributed by atoms with Crippen molar-refractivity contribution < 1.29 is 14.9 Å². The second-order valence-corrected chi connectivity index (χ2v) is 3.82. The highest BCUT2D eigenvalue weighted by Gasteiger charge is 2.42. The Hall–Kier alpha value is -0.900. The predicted octanol–water partition coefficient (Wildman–Crippen LogP) is 0.785. The normalized spacial score (nSPS) is 24.4. The lowest BCUT2D eigenvalue weighted by Gasteiger charge is -2.21. The maximum absolute atomic E-state index is 10.1. The molecule has 1 aliphatic rings. The molecule has 76 valence electrons. The number of aliphatic hydroxyl groups excluding tert-OH is 1. The van der Waals surface area contributed by atoms with Crippen molar-refractivity contribution in [3.8, 4) is 0 Å². The first-order chi connectivity index (χ1) is 6.64. The standard InChI is InChI=1S/C11H14O3/c1-11(13,10-7-14-10)9-4-2-8(6-12)3-5-9/h2-5,10,12-13H,6-7H2,1H3/t10?,11-/m0/s1. The van der Waals surface area contributed by atoms with Gasteiger partial charge in [0.15, 0.2) is 0 Å². The molecule has 0 aliphatic carbocycles. The molecule has 1 aromatic carbocycles. The zero-order chi connectivity index (χ0) is 10.2. The van der Waals surface area contributed by atoms with Gasteiger partial charge in [-0.3, -0.25) is 0 Å². The Bertz CT molecular complexity index is 312. The van der Waals surface area contributed by atoms with Gasteiger partial charge in [-0.15, -0.1) is 0 Å². The van der Waals surface area contributed by atoms with Gasteiger partial charge in [-0.2, -0.15) is 0 Å². The molecule has 2 N–H and O–H groups in total. The molecule has 1 heterocycles. The van der Waals surface area contributed by atoms with Crippen LogP contribution in [0.5, 0.6) is 0 Å². The van der Waals surface area contributed by atoms with E-state index in [4.69, 9.17) is 9.84 Å². The summed E-state index contributed by atoms with van der Waals surface area (Å²) in [5, 5.41) is 19.0. The summed E-state index contributed by atoms with van der Waals surface area (Å²) in [6.07, 6.45) is -0.0810. The number of hydrogen-bond donors (Lipinski definition) is 2. The van der Waals surface area contributed by atoms with Crippen LogP contribution in [0.15, 0.2) is 24.3 Å². The van der Waals surface area contributed by atoms with Gasteiger partial charge in [0.1, 0.15) is 11.7 Å². The molecule has 1 aromatic rings. The molecule has 0 aromatic heterocycles. The van der Waals surface area contributed by atoms with Gasteiger partial charge in [0, 0.05) is 0 Å². The van der Waals surface area contributed by atoms with Gasteiger partial charge in [-0.1, -0.05) is 24.3 Å². The summed E-state index contributed by atoms with van der Waals surface area (Å²) in [7, 11) is 0. The third kappa shape index (κ3) is 1.66. The van der Waals surface area contributed by atoms with E-state index >= 15 is 0 Å². The van der Waals surface area contributed by atoms with E-state index in [9.17, 15) is 5.11 Å². The summed E-state index contributed by atoms with van der Waals surface area (Å²) >= 11 is 0. The number of rotatable bonds is 3. The first-order valence-corrected chi connectivity index (χ1v) is 4.69. The van der Waals surface area contributed by atoms with Crippen LogP contribution in [0.25, 0.3) is 0 Å². The fraction of sp³-hybridized carbons (Fsp3) is 0.455. The SMILES string of the molecule is C[C@](O)(c1ccc(CO)cc1)C1CO1. The smallest absolute Gasteiger partial charge is 0.115 e. The summed E-state index contributed by atoms with van der Waals surface area (Å²) in [6.45, 7) is 2.40. The van der Waals surface area contributed by atoms with Crippen LogP contribution < -0.4 is 0 Å². The van der Waals surface area contributed by atoms with E-state index in [1.54, 1.807) is 6.92 Å². The fourth-order valence-corrected chi connectivity index (χ4v) is 1.51. The van der Waals surface area contributed by atoms with Gasteiger partial charge in [0.2, 0.25) is 0 Å². The zero-order valence-electron chi connectivity index (χ0n) is 8.10. The predicted molar refractivity (Wildman–Crippen MR) is 51.7 cm³/mol. The molecule has 1 fully saturated rings. The molecule has 0 saturated carbocycles. The molecule has 2 atom stereocenters. The second-order valence-electron chi connectivity index (χ2n) is 3.82. The van der Waals surface area contributed by atoms with Crippen LogP contribution in [0.3, 0.4) is 0 Å². The van der Waals surface area contributed by atoms with Gasteiger partial charge in [-0.05, 0) is 18.1 Å². The molecular formula is C11H14O3. The molecule has 0 bridgehead atoms. The van der Waals surface area contributed by atoms with Crippen molar-refractivity contribution in [2.75, 3.05) is 6.61 Å². The number of benzene rings is 1. The van der Waals surface area contributed by atoms with Crippen LogP contribution in [0, 0.1) is 0 Å². The van der Waals surface area contributed by atoms with Crippen molar-refractivity contribution in [1.29, 1.82) is 0 Å². The van der Waals surface area contributed by atoms with Crippen molar-refractivity contribution in [3.05, 3.63) is 35.4 Å². The molecule has 3 heteroatoms. The minimum atomic E-state index is -0.909. The molecule has 1 saturated heterocycles. The van der Waals surface area contributed by atoms with Gasteiger partial charge in [0.25, 0.3) is 0 Å². The lowest BCUT2D eigenvalue weighted by Crippen LogP contribution is -2.28. The minimum absolute atomic E-state index is 0.0301. The Morgan fingerprint density at radius 2 is 2.00 bits per heavy atom. The Labute approximate surface area is 83.0 Å². The lowest BCUT2D eigenvalue weighted by molar-refractivity contribution is 0.0259. The minimum Gasteiger partial charge on any atom is -0.392 e. The number of aliphatic hydroxyl groups is 2. The first kappa shape index (κ1) is 9.65. The van der Waals surface area contributed by atoms with Gasteiger partial charge in [-0.25, -0.2) is 0 Å².